The summed E-state index contributed by atoms with van der Waals surface area (Å²) in [5.74, 6) is 0.648. The molecule has 0 radical (unpaired) electrons. The van der Waals surface area contributed by atoms with E-state index in [4.69, 9.17) is 11.6 Å². The second kappa shape index (κ2) is 8.84. The summed E-state index contributed by atoms with van der Waals surface area (Å²) in [6.45, 7) is 7.90. The first-order valence-electron chi connectivity index (χ1n) is 8.72. The molecule has 1 aliphatic rings. The van der Waals surface area contributed by atoms with Crippen LogP contribution >= 0.6 is 50.6 Å². The van der Waals surface area contributed by atoms with Crippen molar-refractivity contribution in [1.82, 2.24) is 4.72 Å². The lowest BCUT2D eigenvalue weighted by molar-refractivity contribution is 0.453. The second-order valence-corrected chi connectivity index (χ2v) is 14.2. The van der Waals surface area contributed by atoms with Crippen LogP contribution < -0.4 is 4.72 Å². The average Bonchev–Trinajstić information content (AvgIpc) is 2.92. The molecular formula is C18H26BrClN2OS3. The van der Waals surface area contributed by atoms with Crippen LogP contribution in [0.15, 0.2) is 9.85 Å². The van der Waals surface area contributed by atoms with Gasteiger partial charge in [-0.25, -0.2) is 8.93 Å². The zero-order chi connectivity index (χ0) is 19.6. The zero-order valence-electron chi connectivity index (χ0n) is 15.7. The van der Waals surface area contributed by atoms with E-state index in [-0.39, 0.29) is 9.49 Å². The van der Waals surface area contributed by atoms with Crippen molar-refractivity contribution < 1.29 is 4.21 Å². The predicted molar refractivity (Wildman–Crippen MR) is 119 cm³/mol. The van der Waals surface area contributed by atoms with Crippen LogP contribution in [0.3, 0.4) is 0 Å². The largest absolute Gasteiger partial charge is 0.242 e. The van der Waals surface area contributed by atoms with Crippen molar-refractivity contribution in [1.29, 1.82) is 5.26 Å². The zero-order valence-corrected chi connectivity index (χ0v) is 20.4. The van der Waals surface area contributed by atoms with Crippen molar-refractivity contribution in [2.24, 2.45) is 0 Å². The molecule has 0 saturated heterocycles. The molecule has 3 nitrogen and oxygen atoms in total. The van der Waals surface area contributed by atoms with E-state index < -0.39 is 16.5 Å². The molecule has 0 spiro atoms. The molecule has 1 N–H and O–H groups in total. The summed E-state index contributed by atoms with van der Waals surface area (Å²) in [4.78, 5) is 0.958. The highest BCUT2D eigenvalue weighted by atomic mass is 79.9. The molecule has 0 aromatic carbocycles. The Bertz CT molecular complexity index is 704. The number of thioether (sulfide) groups is 1. The van der Waals surface area contributed by atoms with Crippen molar-refractivity contribution in [3.8, 4) is 6.07 Å². The molecule has 146 valence electrons. The summed E-state index contributed by atoms with van der Waals surface area (Å²) in [7, 11) is -1.24. The number of halogens is 2. The molecule has 0 aliphatic heterocycles. The van der Waals surface area contributed by atoms with Crippen LogP contribution in [0.1, 0.15) is 64.7 Å². The Hall–Kier alpha value is 0.420. The minimum Gasteiger partial charge on any atom is -0.242 e. The quantitative estimate of drug-likeness (QED) is 0.495. The molecule has 26 heavy (non-hydrogen) atoms. The molecule has 2 atom stereocenters. The van der Waals surface area contributed by atoms with E-state index >= 15 is 0 Å². The monoisotopic (exact) mass is 496 g/mol. The SMILES string of the molecule is CC(C)(C)[S@](=O)N[C@@](C)(CSC1(C#N)CCCCC1)c1sc(Br)cc1Cl. The summed E-state index contributed by atoms with van der Waals surface area (Å²) in [5, 5.41) is 10.5. The lowest BCUT2D eigenvalue weighted by Crippen LogP contribution is -2.48. The summed E-state index contributed by atoms with van der Waals surface area (Å²) in [6, 6.07) is 4.45. The molecule has 0 unspecified atom stereocenters. The lowest BCUT2D eigenvalue weighted by atomic mass is 9.89. The van der Waals surface area contributed by atoms with Gasteiger partial charge in [-0.1, -0.05) is 30.9 Å². The fourth-order valence-electron chi connectivity index (χ4n) is 2.91. The average molecular weight is 498 g/mol. The fourth-order valence-corrected chi connectivity index (χ4v) is 7.69. The number of thiophene rings is 1. The van der Waals surface area contributed by atoms with Crippen LogP contribution in [-0.2, 0) is 16.5 Å². The predicted octanol–water partition coefficient (Wildman–Crippen LogP) is 6.39. The molecule has 0 bridgehead atoms. The van der Waals surface area contributed by atoms with Crippen LogP contribution in [0.25, 0.3) is 0 Å². The van der Waals surface area contributed by atoms with Gasteiger partial charge >= 0.3 is 0 Å². The Morgan fingerprint density at radius 1 is 1.38 bits per heavy atom. The van der Waals surface area contributed by atoms with Crippen LogP contribution in [0.2, 0.25) is 5.02 Å². The second-order valence-electron chi connectivity index (χ2n) is 8.00. The molecule has 2 rings (SSSR count). The van der Waals surface area contributed by atoms with Gasteiger partial charge in [0.05, 0.1) is 36.1 Å². The third-order valence-corrected chi connectivity index (χ3v) is 10.4. The standard InChI is InChI=1S/C18H26BrClN2OS3/c1-16(2,3)26(23)22-17(4,15-13(20)10-14(19)25-15)12-24-18(11-21)8-6-5-7-9-18/h10,22H,5-9,12H2,1-4H3/t17-,26-/m0/s1. The van der Waals surface area contributed by atoms with Gasteiger partial charge in [-0.15, -0.1) is 23.1 Å². The van der Waals surface area contributed by atoms with Gasteiger partial charge < -0.3 is 0 Å². The first kappa shape index (κ1) is 22.7. The fraction of sp³-hybridized carbons (Fsp3) is 0.722. The van der Waals surface area contributed by atoms with Crippen molar-refractivity contribution in [3.63, 3.8) is 0 Å². The Morgan fingerprint density at radius 3 is 2.46 bits per heavy atom. The molecule has 0 amide bonds. The van der Waals surface area contributed by atoms with E-state index in [1.54, 1.807) is 23.1 Å². The van der Waals surface area contributed by atoms with E-state index in [0.717, 1.165) is 34.3 Å². The topological polar surface area (TPSA) is 52.9 Å². The van der Waals surface area contributed by atoms with E-state index in [9.17, 15) is 9.47 Å². The first-order chi connectivity index (χ1) is 12.0. The Kier molecular flexibility index (Phi) is 7.72. The highest BCUT2D eigenvalue weighted by Gasteiger charge is 2.40. The van der Waals surface area contributed by atoms with E-state index in [1.807, 2.05) is 33.8 Å². The van der Waals surface area contributed by atoms with Gasteiger partial charge in [0.1, 0.15) is 4.75 Å². The minimum atomic E-state index is -1.24. The Balaban J connectivity index is 2.30. The maximum absolute atomic E-state index is 12.8. The van der Waals surface area contributed by atoms with Crippen molar-refractivity contribution >= 4 is 61.6 Å². The molecule has 1 saturated carbocycles. The van der Waals surface area contributed by atoms with E-state index in [1.165, 1.54) is 6.42 Å². The van der Waals surface area contributed by atoms with Crippen LogP contribution in [0.4, 0.5) is 0 Å². The molecule has 1 aromatic rings. The van der Waals surface area contributed by atoms with E-state index in [2.05, 4.69) is 26.7 Å². The number of nitrogens with one attached hydrogen (secondary N) is 1. The molecule has 1 heterocycles. The van der Waals surface area contributed by atoms with Gasteiger partial charge in [0, 0.05) is 10.6 Å². The van der Waals surface area contributed by atoms with Crippen molar-refractivity contribution in [3.05, 3.63) is 19.8 Å². The number of hydrogen-bond donors (Lipinski definition) is 1. The minimum absolute atomic E-state index is 0.342. The number of nitriles is 1. The van der Waals surface area contributed by atoms with Gasteiger partial charge in [0.15, 0.2) is 0 Å². The van der Waals surface area contributed by atoms with Crippen molar-refractivity contribution in [2.45, 2.75) is 74.8 Å². The normalized spacial score (nSPS) is 21.0. The Labute approximate surface area is 181 Å². The summed E-state index contributed by atoms with van der Waals surface area (Å²) < 4.78 is 16.4. The number of hydrogen-bond acceptors (Lipinski definition) is 4. The van der Waals surface area contributed by atoms with Gasteiger partial charge in [-0.2, -0.15) is 5.26 Å². The summed E-state index contributed by atoms with van der Waals surface area (Å²) >= 11 is 13.2. The van der Waals surface area contributed by atoms with E-state index in [0.29, 0.717) is 10.8 Å². The molecule has 1 fully saturated rings. The van der Waals surface area contributed by atoms with Gasteiger partial charge in [-0.3, -0.25) is 0 Å². The lowest BCUT2D eigenvalue weighted by Gasteiger charge is -2.37. The van der Waals surface area contributed by atoms with Gasteiger partial charge in [0.2, 0.25) is 0 Å². The molecule has 8 heteroatoms. The third kappa shape index (κ3) is 5.48. The van der Waals surface area contributed by atoms with Gasteiger partial charge in [-0.05, 0) is 62.5 Å². The third-order valence-electron chi connectivity index (χ3n) is 4.53. The van der Waals surface area contributed by atoms with Crippen LogP contribution in [-0.4, -0.2) is 19.5 Å². The highest BCUT2D eigenvalue weighted by molar-refractivity contribution is 9.11. The Morgan fingerprint density at radius 2 is 2.00 bits per heavy atom. The number of nitrogens with zero attached hydrogens (tertiary/aromatic N) is 1. The smallest absolute Gasteiger partial charge is 0.102 e. The summed E-state index contributed by atoms with van der Waals surface area (Å²) in [6.07, 6.45) is 5.26. The molecule has 1 aliphatic carbocycles. The first-order valence-corrected chi connectivity index (χ1v) is 12.8. The summed E-state index contributed by atoms with van der Waals surface area (Å²) in [5.41, 5.74) is -0.572. The maximum atomic E-state index is 12.8. The number of rotatable bonds is 6. The molecule has 1 aromatic heterocycles. The van der Waals surface area contributed by atoms with Gasteiger partial charge in [0.25, 0.3) is 0 Å². The maximum Gasteiger partial charge on any atom is 0.102 e. The highest BCUT2D eigenvalue weighted by Crippen LogP contribution is 2.45. The van der Waals surface area contributed by atoms with Crippen molar-refractivity contribution in [2.75, 3.05) is 5.75 Å². The molecular weight excluding hydrogens is 472 g/mol. The van der Waals surface area contributed by atoms with Crippen LogP contribution in [0.5, 0.6) is 0 Å². The van der Waals surface area contributed by atoms with Crippen LogP contribution in [0, 0.1) is 11.3 Å².